The number of oxime groups is 1. The Kier molecular flexibility index (Phi) is 6.99. The van der Waals surface area contributed by atoms with Gasteiger partial charge in [-0.15, -0.1) is 0 Å². The standard InChI is InChI=1S/C26H29FN8O2/c1-26(2,3)37-33-22(19-12-21(27)32-31-19)15-6-9-17(10-7-15)34(4)24-18(14-29)25(36)35(5)20-11-8-16(13-28)30-23(20)24/h8,11-12,15,17H,6-7,9-10H2,1-5H3,(H,31,32)/b33-22-. The highest BCUT2D eigenvalue weighted by Crippen LogP contribution is 2.35. The summed E-state index contributed by atoms with van der Waals surface area (Å²) in [5, 5.41) is 30.0. The van der Waals surface area contributed by atoms with Crippen molar-refractivity contribution in [3.8, 4) is 12.1 Å². The first kappa shape index (κ1) is 25.8. The molecular weight excluding hydrogens is 475 g/mol. The zero-order valence-electron chi connectivity index (χ0n) is 21.5. The number of halogens is 1. The van der Waals surface area contributed by atoms with Gasteiger partial charge in [-0.2, -0.15) is 20.0 Å². The molecule has 3 aromatic rings. The van der Waals surface area contributed by atoms with Gasteiger partial charge in [0.2, 0.25) is 5.95 Å². The predicted octanol–water partition coefficient (Wildman–Crippen LogP) is 3.75. The van der Waals surface area contributed by atoms with E-state index in [9.17, 15) is 19.7 Å². The number of pyridine rings is 2. The maximum Gasteiger partial charge on any atom is 0.270 e. The van der Waals surface area contributed by atoms with Gasteiger partial charge in [-0.3, -0.25) is 9.89 Å². The van der Waals surface area contributed by atoms with E-state index in [0.29, 0.717) is 28.1 Å². The molecule has 3 aromatic heterocycles. The quantitative estimate of drug-likeness (QED) is 0.413. The minimum atomic E-state index is -0.544. The summed E-state index contributed by atoms with van der Waals surface area (Å²) in [5.41, 5.74) is 1.70. The Morgan fingerprint density at radius 1 is 1.24 bits per heavy atom. The molecule has 10 nitrogen and oxygen atoms in total. The van der Waals surface area contributed by atoms with E-state index >= 15 is 0 Å². The lowest BCUT2D eigenvalue weighted by atomic mass is 9.81. The fraction of sp³-hybridized carbons (Fsp3) is 0.462. The Morgan fingerprint density at radius 3 is 2.51 bits per heavy atom. The number of fused-ring (bicyclic) bond motifs is 1. The molecule has 11 heteroatoms. The van der Waals surface area contributed by atoms with Crippen LogP contribution >= 0.6 is 0 Å². The van der Waals surface area contributed by atoms with Crippen LogP contribution < -0.4 is 10.5 Å². The van der Waals surface area contributed by atoms with Gasteiger partial charge in [0.05, 0.1) is 11.2 Å². The number of nitrogens with zero attached hydrogens (tertiary/aromatic N) is 7. The molecule has 4 rings (SSSR count). The minimum absolute atomic E-state index is 0.00459. The molecule has 0 aromatic carbocycles. The predicted molar refractivity (Wildman–Crippen MR) is 136 cm³/mol. The molecule has 1 N–H and O–H groups in total. The zero-order valence-corrected chi connectivity index (χ0v) is 21.5. The third-order valence-electron chi connectivity index (χ3n) is 6.65. The molecule has 0 radical (unpaired) electrons. The molecule has 37 heavy (non-hydrogen) atoms. The molecule has 0 bridgehead atoms. The highest BCUT2D eigenvalue weighted by atomic mass is 19.1. The molecule has 1 aliphatic rings. The second kappa shape index (κ2) is 10.0. The van der Waals surface area contributed by atoms with Crippen LogP contribution in [0.15, 0.2) is 28.1 Å². The summed E-state index contributed by atoms with van der Waals surface area (Å²) in [5.74, 6) is -0.550. The number of hydrogen-bond donors (Lipinski definition) is 1. The number of aryl methyl sites for hydroxylation is 1. The Bertz CT molecular complexity index is 1490. The molecular formula is C26H29FN8O2. The van der Waals surface area contributed by atoms with Crippen LogP contribution in [0.25, 0.3) is 11.0 Å². The lowest BCUT2D eigenvalue weighted by Crippen LogP contribution is -2.39. The van der Waals surface area contributed by atoms with Gasteiger partial charge in [0.1, 0.15) is 45.9 Å². The van der Waals surface area contributed by atoms with Crippen LogP contribution in [0.4, 0.5) is 10.1 Å². The number of rotatable bonds is 5. The van der Waals surface area contributed by atoms with Gasteiger partial charge in [0.15, 0.2) is 0 Å². The fourth-order valence-corrected chi connectivity index (χ4v) is 4.77. The van der Waals surface area contributed by atoms with Crippen LogP contribution in [-0.4, -0.2) is 44.2 Å². The number of anilines is 1. The van der Waals surface area contributed by atoms with Crippen LogP contribution in [0.1, 0.15) is 63.4 Å². The van der Waals surface area contributed by atoms with Crippen molar-refractivity contribution in [1.29, 1.82) is 10.5 Å². The highest BCUT2D eigenvalue weighted by molar-refractivity contribution is 6.00. The molecule has 0 saturated heterocycles. The third kappa shape index (κ3) is 5.17. The van der Waals surface area contributed by atoms with E-state index < -0.39 is 17.1 Å². The maximum atomic E-state index is 13.7. The van der Waals surface area contributed by atoms with Crippen molar-refractivity contribution in [2.45, 2.75) is 58.1 Å². The minimum Gasteiger partial charge on any atom is -0.390 e. The van der Waals surface area contributed by atoms with Crippen molar-refractivity contribution < 1.29 is 9.23 Å². The van der Waals surface area contributed by atoms with Crippen LogP contribution in [0.5, 0.6) is 0 Å². The average molecular weight is 505 g/mol. The molecule has 0 amide bonds. The van der Waals surface area contributed by atoms with Crippen molar-refractivity contribution in [2.24, 2.45) is 18.1 Å². The summed E-state index contributed by atoms with van der Waals surface area (Å²) in [7, 11) is 3.44. The van der Waals surface area contributed by atoms with Gasteiger partial charge >= 0.3 is 0 Å². The Labute approximate surface area is 214 Å². The van der Waals surface area contributed by atoms with Gasteiger partial charge in [-0.05, 0) is 58.6 Å². The molecule has 1 saturated carbocycles. The second-order valence-corrected chi connectivity index (χ2v) is 10.3. The molecule has 0 spiro atoms. The molecule has 1 aliphatic carbocycles. The van der Waals surface area contributed by atoms with Crippen molar-refractivity contribution in [1.82, 2.24) is 19.7 Å². The Balaban J connectivity index is 1.65. The highest BCUT2D eigenvalue weighted by Gasteiger charge is 2.32. The van der Waals surface area contributed by atoms with E-state index in [4.69, 9.17) is 4.84 Å². The Morgan fingerprint density at radius 2 is 1.95 bits per heavy atom. The lowest BCUT2D eigenvalue weighted by molar-refractivity contribution is -0.0000723. The lowest BCUT2D eigenvalue weighted by Gasteiger charge is -2.36. The summed E-state index contributed by atoms with van der Waals surface area (Å²) >= 11 is 0. The van der Waals surface area contributed by atoms with Gasteiger partial charge in [0, 0.05) is 32.1 Å². The molecule has 192 valence electrons. The summed E-state index contributed by atoms with van der Waals surface area (Å²) in [6.45, 7) is 5.66. The largest absolute Gasteiger partial charge is 0.390 e. The smallest absolute Gasteiger partial charge is 0.270 e. The number of nitriles is 2. The van der Waals surface area contributed by atoms with Crippen LogP contribution in [0.2, 0.25) is 0 Å². The van der Waals surface area contributed by atoms with Crippen molar-refractivity contribution >= 4 is 22.4 Å². The first-order valence-electron chi connectivity index (χ1n) is 12.1. The summed E-state index contributed by atoms with van der Waals surface area (Å²) in [4.78, 5) is 25.0. The molecule has 1 fully saturated rings. The third-order valence-corrected chi connectivity index (χ3v) is 6.65. The number of aromatic amines is 1. The molecule has 3 heterocycles. The average Bonchev–Trinajstić information content (AvgIpc) is 3.30. The van der Waals surface area contributed by atoms with Gasteiger partial charge in [0.25, 0.3) is 5.56 Å². The van der Waals surface area contributed by atoms with Crippen molar-refractivity contribution in [3.05, 3.63) is 51.5 Å². The molecule has 0 aliphatic heterocycles. The summed E-state index contributed by atoms with van der Waals surface area (Å²) < 4.78 is 15.1. The van der Waals surface area contributed by atoms with Crippen molar-refractivity contribution in [3.63, 3.8) is 0 Å². The maximum absolute atomic E-state index is 13.7. The molecule has 0 unspecified atom stereocenters. The van der Waals surface area contributed by atoms with Gasteiger partial charge < -0.3 is 14.3 Å². The normalized spacial score (nSPS) is 18.3. The van der Waals surface area contributed by atoms with E-state index in [-0.39, 0.29) is 23.2 Å². The summed E-state index contributed by atoms with van der Waals surface area (Å²) in [6.07, 6.45) is 2.89. The van der Waals surface area contributed by atoms with E-state index in [2.05, 4.69) is 26.4 Å². The zero-order chi connectivity index (χ0) is 26.9. The number of H-pyrrole nitrogens is 1. The number of nitrogens with one attached hydrogen (secondary N) is 1. The van der Waals surface area contributed by atoms with E-state index in [1.54, 1.807) is 19.2 Å². The SMILES string of the molecule is CN(c1c(C#N)c(=O)n(C)c2ccc(C#N)nc12)C1CCC(/C(=N/OC(C)(C)C)c2cc(F)[nH]n2)CC1. The van der Waals surface area contributed by atoms with Crippen molar-refractivity contribution in [2.75, 3.05) is 11.9 Å². The first-order valence-corrected chi connectivity index (χ1v) is 12.1. The monoisotopic (exact) mass is 504 g/mol. The van der Waals surface area contributed by atoms with E-state index in [1.165, 1.54) is 10.6 Å². The van der Waals surface area contributed by atoms with E-state index in [0.717, 1.165) is 25.7 Å². The van der Waals surface area contributed by atoms with E-state index in [1.807, 2.05) is 38.8 Å². The summed E-state index contributed by atoms with van der Waals surface area (Å²) in [6, 6.07) is 8.64. The fourth-order valence-electron chi connectivity index (χ4n) is 4.77. The number of aromatic nitrogens is 4. The first-order chi connectivity index (χ1) is 17.5. The van der Waals surface area contributed by atoms with Crippen LogP contribution in [-0.2, 0) is 11.9 Å². The van der Waals surface area contributed by atoms with Gasteiger partial charge in [-0.25, -0.2) is 4.98 Å². The Hall–Kier alpha value is -4.25. The van der Waals surface area contributed by atoms with Crippen LogP contribution in [0.3, 0.4) is 0 Å². The van der Waals surface area contributed by atoms with Crippen LogP contribution in [0, 0.1) is 34.5 Å². The second-order valence-electron chi connectivity index (χ2n) is 10.3. The number of hydrogen-bond acceptors (Lipinski definition) is 8. The topological polar surface area (TPSA) is 136 Å². The van der Waals surface area contributed by atoms with Gasteiger partial charge in [-0.1, -0.05) is 5.16 Å². The molecule has 0 atom stereocenters.